The van der Waals surface area contributed by atoms with Crippen LogP contribution in [-0.4, -0.2) is 53.0 Å². The van der Waals surface area contributed by atoms with Crippen molar-refractivity contribution in [3.05, 3.63) is 58.4 Å². The second kappa shape index (κ2) is 6.93. The lowest BCUT2D eigenvalue weighted by molar-refractivity contribution is -0.137. The molecule has 0 unspecified atom stereocenters. The SMILES string of the molecule is CN1C(=O)c2cc(C(F)(F)F)ccc2O[C@H]2CN(Cc3ccncc3Cl)C[C@H]21. The number of benzene rings is 1. The third-order valence-electron chi connectivity index (χ3n) is 5.20. The van der Waals surface area contributed by atoms with Crippen molar-refractivity contribution in [1.29, 1.82) is 0 Å². The minimum atomic E-state index is -4.52. The lowest BCUT2D eigenvalue weighted by Crippen LogP contribution is -2.44. The van der Waals surface area contributed by atoms with E-state index in [9.17, 15) is 18.0 Å². The van der Waals surface area contributed by atoms with E-state index in [0.29, 0.717) is 24.7 Å². The first-order chi connectivity index (χ1) is 13.2. The van der Waals surface area contributed by atoms with Crippen molar-refractivity contribution >= 4 is 17.5 Å². The van der Waals surface area contributed by atoms with Crippen LogP contribution in [0.15, 0.2) is 36.7 Å². The number of pyridine rings is 1. The maximum Gasteiger partial charge on any atom is 0.416 e. The molecule has 2 atom stereocenters. The van der Waals surface area contributed by atoms with E-state index in [0.717, 1.165) is 17.7 Å². The fourth-order valence-electron chi connectivity index (χ4n) is 3.70. The number of ether oxygens (including phenoxy) is 1. The Kier molecular flexibility index (Phi) is 4.71. The molecule has 2 aliphatic rings. The second-order valence-electron chi connectivity index (χ2n) is 7.01. The molecule has 0 saturated carbocycles. The third-order valence-corrected chi connectivity index (χ3v) is 5.54. The number of hydrogen-bond donors (Lipinski definition) is 0. The Morgan fingerprint density at radius 1 is 1.29 bits per heavy atom. The van der Waals surface area contributed by atoms with E-state index in [1.54, 1.807) is 19.4 Å². The minimum Gasteiger partial charge on any atom is -0.486 e. The predicted molar refractivity (Wildman–Crippen MR) is 96.3 cm³/mol. The molecule has 1 aromatic heterocycles. The third kappa shape index (κ3) is 3.42. The monoisotopic (exact) mass is 411 g/mol. The van der Waals surface area contributed by atoms with Gasteiger partial charge in [0.2, 0.25) is 0 Å². The van der Waals surface area contributed by atoms with E-state index in [1.165, 1.54) is 11.0 Å². The Balaban J connectivity index is 1.59. The number of carbonyl (C=O) groups is 1. The van der Waals surface area contributed by atoms with Crippen molar-refractivity contribution in [2.24, 2.45) is 0 Å². The average Bonchev–Trinajstić information content (AvgIpc) is 3.00. The van der Waals surface area contributed by atoms with Crippen LogP contribution in [0, 0.1) is 0 Å². The zero-order chi connectivity index (χ0) is 20.1. The molecule has 0 aliphatic carbocycles. The maximum atomic E-state index is 13.0. The molecule has 0 spiro atoms. The van der Waals surface area contributed by atoms with Crippen LogP contribution in [0.1, 0.15) is 21.5 Å². The van der Waals surface area contributed by atoms with Crippen LogP contribution < -0.4 is 4.74 Å². The Bertz CT molecular complexity index is 922. The molecule has 3 heterocycles. The van der Waals surface area contributed by atoms with Gasteiger partial charge in [0, 0.05) is 39.1 Å². The highest BCUT2D eigenvalue weighted by atomic mass is 35.5. The van der Waals surface area contributed by atoms with Gasteiger partial charge in [-0.3, -0.25) is 14.7 Å². The van der Waals surface area contributed by atoms with Gasteiger partial charge in [0.25, 0.3) is 5.91 Å². The van der Waals surface area contributed by atoms with E-state index in [-0.39, 0.29) is 23.5 Å². The average molecular weight is 412 g/mol. The van der Waals surface area contributed by atoms with Crippen molar-refractivity contribution < 1.29 is 22.7 Å². The number of likely N-dealkylation sites (tertiary alicyclic amines) is 1. The summed E-state index contributed by atoms with van der Waals surface area (Å²) in [5, 5.41) is 0.560. The molecule has 148 valence electrons. The number of halogens is 4. The largest absolute Gasteiger partial charge is 0.486 e. The lowest BCUT2D eigenvalue weighted by atomic mass is 10.1. The standard InChI is InChI=1S/C19H17ClF3N3O2/c1-25-15-9-26(8-11-4-5-24-7-14(11)20)10-17(15)28-16-3-2-12(19(21,22)23)6-13(16)18(25)27/h2-7,15,17H,8-10H2,1H3/t15-,17+/m1/s1. The fourth-order valence-corrected chi connectivity index (χ4v) is 3.88. The zero-order valence-electron chi connectivity index (χ0n) is 14.9. The molecule has 1 fully saturated rings. The van der Waals surface area contributed by atoms with E-state index >= 15 is 0 Å². The molecule has 1 aromatic carbocycles. The smallest absolute Gasteiger partial charge is 0.416 e. The van der Waals surface area contributed by atoms with Crippen LogP contribution in [0.4, 0.5) is 13.2 Å². The van der Waals surface area contributed by atoms with Gasteiger partial charge >= 0.3 is 6.18 Å². The van der Waals surface area contributed by atoms with Crippen molar-refractivity contribution in [3.8, 4) is 5.75 Å². The maximum absolute atomic E-state index is 13.0. The number of alkyl halides is 3. The van der Waals surface area contributed by atoms with E-state index in [4.69, 9.17) is 16.3 Å². The van der Waals surface area contributed by atoms with Crippen molar-refractivity contribution in [2.45, 2.75) is 24.9 Å². The van der Waals surface area contributed by atoms with Gasteiger partial charge in [-0.15, -0.1) is 0 Å². The van der Waals surface area contributed by atoms with E-state index in [2.05, 4.69) is 9.88 Å². The minimum absolute atomic E-state index is 0.0598. The summed E-state index contributed by atoms with van der Waals surface area (Å²) >= 11 is 6.18. The number of rotatable bonds is 2. The van der Waals surface area contributed by atoms with Gasteiger partial charge in [0.15, 0.2) is 0 Å². The zero-order valence-corrected chi connectivity index (χ0v) is 15.7. The van der Waals surface area contributed by atoms with Gasteiger partial charge in [-0.05, 0) is 29.8 Å². The summed E-state index contributed by atoms with van der Waals surface area (Å²) in [5.74, 6) is -0.293. The van der Waals surface area contributed by atoms with Crippen molar-refractivity contribution in [3.63, 3.8) is 0 Å². The molecule has 5 nitrogen and oxygen atoms in total. The summed E-state index contributed by atoms with van der Waals surface area (Å²) < 4.78 is 45.0. The Labute approximate surface area is 164 Å². The van der Waals surface area contributed by atoms with Gasteiger partial charge in [-0.2, -0.15) is 13.2 Å². The number of aromatic nitrogens is 1. The Morgan fingerprint density at radius 3 is 2.79 bits per heavy atom. The number of carbonyl (C=O) groups excluding carboxylic acids is 1. The first-order valence-electron chi connectivity index (χ1n) is 8.70. The van der Waals surface area contributed by atoms with Gasteiger partial charge in [-0.25, -0.2) is 0 Å². The van der Waals surface area contributed by atoms with Crippen LogP contribution in [0.25, 0.3) is 0 Å². The number of nitrogens with zero attached hydrogens (tertiary/aromatic N) is 3. The predicted octanol–water partition coefficient (Wildman–Crippen LogP) is 3.47. The number of fused-ring (bicyclic) bond motifs is 2. The van der Waals surface area contributed by atoms with Crippen molar-refractivity contribution in [2.75, 3.05) is 20.1 Å². The van der Waals surface area contributed by atoms with Gasteiger partial charge in [-0.1, -0.05) is 11.6 Å². The van der Waals surface area contributed by atoms with E-state index < -0.39 is 17.6 Å². The molecule has 0 radical (unpaired) electrons. The summed E-state index contributed by atoms with van der Waals surface area (Å²) in [6.07, 6.45) is -1.62. The molecule has 1 saturated heterocycles. The van der Waals surface area contributed by atoms with E-state index in [1.807, 2.05) is 6.07 Å². The highest BCUT2D eigenvalue weighted by molar-refractivity contribution is 6.31. The number of likely N-dealkylation sites (N-methyl/N-ethyl adjacent to an activating group) is 1. The number of amides is 1. The molecule has 28 heavy (non-hydrogen) atoms. The molecular weight excluding hydrogens is 395 g/mol. The fraction of sp³-hybridized carbons (Fsp3) is 0.368. The van der Waals surface area contributed by atoms with Gasteiger partial charge < -0.3 is 9.64 Å². The first-order valence-corrected chi connectivity index (χ1v) is 9.07. The van der Waals surface area contributed by atoms with Crippen molar-refractivity contribution in [1.82, 2.24) is 14.8 Å². The normalized spacial score (nSPS) is 22.5. The molecule has 2 aliphatic heterocycles. The Hall–Kier alpha value is -2.32. The summed E-state index contributed by atoms with van der Waals surface area (Å²) in [6.45, 7) is 1.63. The highest BCUT2D eigenvalue weighted by Gasteiger charge is 2.43. The quantitative estimate of drug-likeness (QED) is 0.759. The van der Waals surface area contributed by atoms with Crippen LogP contribution >= 0.6 is 11.6 Å². The Morgan fingerprint density at radius 2 is 2.07 bits per heavy atom. The molecule has 4 rings (SSSR count). The summed E-state index contributed by atoms with van der Waals surface area (Å²) in [6, 6.07) is 4.60. The summed E-state index contributed by atoms with van der Waals surface area (Å²) in [4.78, 5) is 20.4. The van der Waals surface area contributed by atoms with Crippen LogP contribution in [-0.2, 0) is 12.7 Å². The molecule has 1 amide bonds. The molecular formula is C19H17ClF3N3O2. The highest BCUT2D eigenvalue weighted by Crippen LogP contribution is 2.36. The molecule has 9 heteroatoms. The topological polar surface area (TPSA) is 45.7 Å². The van der Waals surface area contributed by atoms with Crippen LogP contribution in [0.2, 0.25) is 5.02 Å². The number of hydrogen-bond acceptors (Lipinski definition) is 4. The van der Waals surface area contributed by atoms with Crippen LogP contribution in [0.5, 0.6) is 5.75 Å². The second-order valence-corrected chi connectivity index (χ2v) is 7.42. The summed E-state index contributed by atoms with van der Waals surface area (Å²) in [7, 11) is 1.60. The van der Waals surface area contributed by atoms with Gasteiger partial charge in [0.05, 0.1) is 22.2 Å². The van der Waals surface area contributed by atoms with Crippen LogP contribution in [0.3, 0.4) is 0 Å². The van der Waals surface area contributed by atoms with Gasteiger partial charge in [0.1, 0.15) is 11.9 Å². The molecule has 0 N–H and O–H groups in total. The lowest BCUT2D eigenvalue weighted by Gasteiger charge is -2.25. The molecule has 2 aromatic rings. The first kappa shape index (κ1) is 19.0. The molecule has 0 bridgehead atoms. The summed E-state index contributed by atoms with van der Waals surface area (Å²) in [5.41, 5.74) is -0.00890.